The molecule has 8 nitrogen and oxygen atoms in total. The van der Waals surface area contributed by atoms with Crippen molar-refractivity contribution in [2.24, 2.45) is 0 Å². The van der Waals surface area contributed by atoms with E-state index in [1.165, 1.54) is 23.2 Å². The molecule has 3 aliphatic rings. The Morgan fingerprint density at radius 2 is 1.60 bits per heavy atom. The highest BCUT2D eigenvalue weighted by molar-refractivity contribution is 5.98. The number of nitrogens with zero attached hydrogens (tertiary/aromatic N) is 1. The van der Waals surface area contributed by atoms with E-state index in [-0.39, 0.29) is 23.7 Å². The molecule has 0 saturated heterocycles. The van der Waals surface area contributed by atoms with E-state index in [9.17, 15) is 13.6 Å². The topological polar surface area (TPSA) is 81.3 Å². The SMILES string of the molecule is O=C(Nc1ccc2c(c1)OC(F)(F)O2)N1CC(c2ccc3c(c2)OCCO3)=C(c2ccccc2)N1. The Bertz CT molecular complexity index is 1350. The summed E-state index contributed by atoms with van der Waals surface area (Å²) in [5.41, 5.74) is 6.88. The van der Waals surface area contributed by atoms with Gasteiger partial charge in [0.2, 0.25) is 0 Å². The number of nitrogens with one attached hydrogen (secondary N) is 2. The molecule has 6 rings (SSSR count). The third-order valence-corrected chi connectivity index (χ3v) is 5.72. The first-order valence-electron chi connectivity index (χ1n) is 10.9. The number of anilines is 1. The molecule has 0 spiro atoms. The number of alkyl halides is 2. The number of hydrazine groups is 1. The normalized spacial score (nSPS) is 17.3. The molecule has 3 heterocycles. The highest BCUT2D eigenvalue weighted by atomic mass is 19.3. The van der Waals surface area contributed by atoms with Crippen molar-refractivity contribution < 1.29 is 32.5 Å². The van der Waals surface area contributed by atoms with Gasteiger partial charge in [0, 0.05) is 17.3 Å². The largest absolute Gasteiger partial charge is 0.586 e. The number of hydrogen-bond donors (Lipinski definition) is 2. The van der Waals surface area contributed by atoms with E-state index in [1.807, 2.05) is 48.5 Å². The molecule has 3 aromatic carbocycles. The predicted octanol–water partition coefficient (Wildman–Crippen LogP) is 4.70. The summed E-state index contributed by atoms with van der Waals surface area (Å²) < 4.78 is 46.9. The van der Waals surface area contributed by atoms with E-state index in [0.29, 0.717) is 24.7 Å². The average Bonchev–Trinajstić information content (AvgIpc) is 3.44. The molecule has 10 heteroatoms. The van der Waals surface area contributed by atoms with E-state index in [2.05, 4.69) is 20.2 Å². The Hall–Kier alpha value is -4.47. The molecule has 0 aromatic heterocycles. The quantitative estimate of drug-likeness (QED) is 0.567. The second-order valence-corrected chi connectivity index (χ2v) is 8.04. The van der Waals surface area contributed by atoms with Crippen LogP contribution in [0.15, 0.2) is 66.7 Å². The van der Waals surface area contributed by atoms with Crippen molar-refractivity contribution in [3.63, 3.8) is 0 Å². The van der Waals surface area contributed by atoms with Gasteiger partial charge in [-0.05, 0) is 35.4 Å². The zero-order valence-electron chi connectivity index (χ0n) is 18.2. The van der Waals surface area contributed by atoms with Crippen molar-refractivity contribution in [2.45, 2.75) is 6.29 Å². The third-order valence-electron chi connectivity index (χ3n) is 5.72. The Morgan fingerprint density at radius 3 is 2.43 bits per heavy atom. The zero-order valence-corrected chi connectivity index (χ0v) is 18.2. The van der Waals surface area contributed by atoms with Crippen LogP contribution in [-0.4, -0.2) is 37.1 Å². The van der Waals surface area contributed by atoms with E-state index in [0.717, 1.165) is 22.4 Å². The lowest BCUT2D eigenvalue weighted by Gasteiger charge is -2.20. The molecule has 2 amide bonds. The number of benzene rings is 3. The van der Waals surface area contributed by atoms with E-state index < -0.39 is 12.3 Å². The first-order valence-corrected chi connectivity index (χ1v) is 10.9. The van der Waals surface area contributed by atoms with Crippen molar-refractivity contribution in [1.29, 1.82) is 0 Å². The van der Waals surface area contributed by atoms with Crippen molar-refractivity contribution in [3.05, 3.63) is 77.9 Å². The van der Waals surface area contributed by atoms with Gasteiger partial charge in [-0.25, -0.2) is 9.80 Å². The number of carbonyl (C=O) groups is 1. The number of ether oxygens (including phenoxy) is 4. The minimum Gasteiger partial charge on any atom is -0.486 e. The lowest BCUT2D eigenvalue weighted by atomic mass is 10.00. The summed E-state index contributed by atoms with van der Waals surface area (Å²) >= 11 is 0. The average molecular weight is 479 g/mol. The molecule has 0 aliphatic carbocycles. The van der Waals surface area contributed by atoms with E-state index >= 15 is 0 Å². The van der Waals surface area contributed by atoms with E-state index in [1.54, 1.807) is 0 Å². The molecular weight excluding hydrogens is 460 g/mol. The molecule has 0 radical (unpaired) electrons. The fourth-order valence-corrected chi connectivity index (χ4v) is 4.13. The summed E-state index contributed by atoms with van der Waals surface area (Å²) in [6.07, 6.45) is -3.73. The summed E-state index contributed by atoms with van der Waals surface area (Å²) in [6.45, 7) is 1.21. The van der Waals surface area contributed by atoms with Gasteiger partial charge in [0.15, 0.2) is 23.0 Å². The molecule has 0 atom stereocenters. The van der Waals surface area contributed by atoms with Gasteiger partial charge in [-0.2, -0.15) is 0 Å². The molecule has 178 valence electrons. The van der Waals surface area contributed by atoms with Gasteiger partial charge in [-0.1, -0.05) is 36.4 Å². The smallest absolute Gasteiger partial charge is 0.486 e. The Kier molecular flexibility index (Phi) is 4.87. The van der Waals surface area contributed by atoms with E-state index in [4.69, 9.17) is 9.47 Å². The molecule has 0 bridgehead atoms. The first kappa shape index (κ1) is 21.1. The van der Waals surface area contributed by atoms with Crippen LogP contribution >= 0.6 is 0 Å². The Balaban J connectivity index is 1.26. The van der Waals surface area contributed by atoms with Crippen LogP contribution in [0.3, 0.4) is 0 Å². The maximum absolute atomic E-state index is 13.3. The van der Waals surface area contributed by atoms with Crippen LogP contribution in [0.1, 0.15) is 11.1 Å². The number of halogens is 2. The number of amides is 2. The number of urea groups is 1. The van der Waals surface area contributed by atoms with Crippen LogP contribution < -0.4 is 29.7 Å². The van der Waals surface area contributed by atoms with Gasteiger partial charge >= 0.3 is 12.3 Å². The summed E-state index contributed by atoms with van der Waals surface area (Å²) in [6, 6.07) is 18.9. The van der Waals surface area contributed by atoms with Crippen molar-refractivity contribution in [1.82, 2.24) is 10.4 Å². The highest BCUT2D eigenvalue weighted by Crippen LogP contribution is 2.42. The maximum atomic E-state index is 13.3. The van der Waals surface area contributed by atoms with Crippen LogP contribution in [0.4, 0.5) is 19.3 Å². The molecule has 3 aliphatic heterocycles. The van der Waals surface area contributed by atoms with Crippen LogP contribution in [0.5, 0.6) is 23.0 Å². The molecule has 2 N–H and O–H groups in total. The summed E-state index contributed by atoms with van der Waals surface area (Å²) in [5.74, 6) is 1.08. The number of hydrogen-bond acceptors (Lipinski definition) is 6. The number of carbonyl (C=O) groups excluding carboxylic acids is 1. The minimum atomic E-state index is -3.73. The highest BCUT2D eigenvalue weighted by Gasteiger charge is 2.43. The van der Waals surface area contributed by atoms with Gasteiger partial charge in [0.25, 0.3) is 0 Å². The third kappa shape index (κ3) is 4.03. The van der Waals surface area contributed by atoms with Gasteiger partial charge < -0.3 is 24.3 Å². The Labute approximate surface area is 198 Å². The van der Waals surface area contributed by atoms with Crippen molar-refractivity contribution in [3.8, 4) is 23.0 Å². The standard InChI is InChI=1S/C25H19F2N3O5/c26-25(27)34-20-9-7-17(13-22(20)35-25)28-24(31)30-14-18(23(29-30)15-4-2-1-3-5-15)16-6-8-19-21(12-16)33-11-10-32-19/h1-9,12-13,29H,10-11,14H2,(H,28,31). The minimum absolute atomic E-state index is 0.0961. The lowest BCUT2D eigenvalue weighted by Crippen LogP contribution is -2.40. The van der Waals surface area contributed by atoms with Gasteiger partial charge in [-0.3, -0.25) is 5.43 Å². The van der Waals surface area contributed by atoms with Crippen molar-refractivity contribution in [2.75, 3.05) is 25.1 Å². The number of fused-ring (bicyclic) bond motifs is 2. The van der Waals surface area contributed by atoms with Crippen LogP contribution in [0, 0.1) is 0 Å². The molecule has 0 unspecified atom stereocenters. The number of rotatable bonds is 3. The van der Waals surface area contributed by atoms with Crippen LogP contribution in [-0.2, 0) is 0 Å². The second-order valence-electron chi connectivity index (χ2n) is 8.04. The van der Waals surface area contributed by atoms with Crippen LogP contribution in [0.2, 0.25) is 0 Å². The van der Waals surface area contributed by atoms with Crippen molar-refractivity contribution >= 4 is 23.0 Å². The summed E-state index contributed by atoms with van der Waals surface area (Å²) in [4.78, 5) is 13.1. The molecule has 0 saturated carbocycles. The Morgan fingerprint density at radius 1 is 0.857 bits per heavy atom. The monoisotopic (exact) mass is 479 g/mol. The van der Waals surface area contributed by atoms with Gasteiger partial charge in [0.05, 0.1) is 12.2 Å². The molecule has 3 aromatic rings. The fraction of sp³-hybridized carbons (Fsp3) is 0.160. The molecule has 35 heavy (non-hydrogen) atoms. The van der Waals surface area contributed by atoms with Gasteiger partial charge in [-0.15, -0.1) is 8.78 Å². The summed E-state index contributed by atoms with van der Waals surface area (Å²) in [7, 11) is 0. The maximum Gasteiger partial charge on any atom is 0.586 e. The molecular formula is C25H19F2N3O5. The first-order chi connectivity index (χ1) is 16.9. The van der Waals surface area contributed by atoms with Crippen LogP contribution in [0.25, 0.3) is 11.3 Å². The lowest BCUT2D eigenvalue weighted by molar-refractivity contribution is -0.286. The summed E-state index contributed by atoms with van der Waals surface area (Å²) in [5, 5.41) is 4.12. The zero-order chi connectivity index (χ0) is 24.0. The fourth-order valence-electron chi connectivity index (χ4n) is 4.13. The van der Waals surface area contributed by atoms with Gasteiger partial charge in [0.1, 0.15) is 13.2 Å². The second kappa shape index (κ2) is 8.08. The predicted molar refractivity (Wildman–Crippen MR) is 122 cm³/mol. The molecule has 0 fully saturated rings.